The Morgan fingerprint density at radius 2 is 1.00 bits per heavy atom. The summed E-state index contributed by atoms with van der Waals surface area (Å²) in [4.78, 5) is 25.1. The summed E-state index contributed by atoms with van der Waals surface area (Å²) in [6.45, 7) is 29.8. The van der Waals surface area contributed by atoms with E-state index in [1.54, 1.807) is 46.2 Å². The Bertz CT molecular complexity index is 2240. The highest BCUT2D eigenvalue weighted by atomic mass is 35.5. The van der Waals surface area contributed by atoms with E-state index in [4.69, 9.17) is 60.6 Å². The average molecular weight is 1010 g/mol. The van der Waals surface area contributed by atoms with Crippen molar-refractivity contribution in [2.75, 3.05) is 25.9 Å². The topological polar surface area (TPSA) is 169 Å². The van der Waals surface area contributed by atoms with E-state index in [1.807, 2.05) is 39.0 Å². The molecule has 0 aliphatic rings. The third kappa shape index (κ3) is 22.2. The van der Waals surface area contributed by atoms with Crippen LogP contribution in [0.1, 0.15) is 17.5 Å². The molecule has 350 valence electrons. The number of H-pyrrole nitrogens is 1. The van der Waals surface area contributed by atoms with Crippen LogP contribution >= 0.6 is 46.4 Å². The zero-order valence-corrected chi connectivity index (χ0v) is 45.2. The molecule has 0 bridgehead atoms. The smallest absolute Gasteiger partial charge is 0.183 e. The highest BCUT2D eigenvalue weighted by Gasteiger charge is 2.16. The quantitative estimate of drug-likeness (QED) is 0.0398. The maximum absolute atomic E-state index is 5.81. The summed E-state index contributed by atoms with van der Waals surface area (Å²) in [5.41, 5.74) is 2.59. The monoisotopic (exact) mass is 1010 g/mol. The second-order valence-corrected chi connectivity index (χ2v) is 36.6. The van der Waals surface area contributed by atoms with Crippen LogP contribution in [-0.2, 0) is 27.7 Å². The predicted octanol–water partition coefficient (Wildman–Crippen LogP) is 11.6. The fourth-order valence-electron chi connectivity index (χ4n) is 4.91. The van der Waals surface area contributed by atoms with Crippen LogP contribution in [0.15, 0.2) is 55.0 Å². The molecule has 22 heteroatoms. The first-order valence-electron chi connectivity index (χ1n) is 20.9. The van der Waals surface area contributed by atoms with Gasteiger partial charge in [0.1, 0.15) is 52.5 Å². The van der Waals surface area contributed by atoms with Gasteiger partial charge in [-0.25, -0.2) is 39.3 Å². The van der Waals surface area contributed by atoms with E-state index < -0.39 is 24.2 Å². The highest BCUT2D eigenvalue weighted by molar-refractivity contribution is 6.76. The van der Waals surface area contributed by atoms with Crippen molar-refractivity contribution in [1.82, 2.24) is 59.7 Å². The molecule has 0 spiro atoms. The minimum absolute atomic E-state index is 0.338. The Morgan fingerprint density at radius 1 is 0.547 bits per heavy atom. The van der Waals surface area contributed by atoms with Gasteiger partial charge in [0, 0.05) is 79.3 Å². The maximum Gasteiger partial charge on any atom is 0.183 e. The highest BCUT2D eigenvalue weighted by Crippen LogP contribution is 2.20. The normalized spacial score (nSPS) is 11.6. The van der Waals surface area contributed by atoms with Crippen LogP contribution in [0.2, 0.25) is 92.5 Å². The molecule has 0 aliphatic heterocycles. The van der Waals surface area contributed by atoms with Gasteiger partial charge in [0.05, 0.1) is 0 Å². The molecule has 6 aromatic rings. The second-order valence-electron chi connectivity index (χ2n) is 18.3. The molecule has 0 saturated heterocycles. The fraction of sp³-hybridized carbons (Fsp3) is 0.500. The summed E-state index contributed by atoms with van der Waals surface area (Å²) < 4.78 is 20.0. The Balaban J connectivity index is 0.000000238. The van der Waals surface area contributed by atoms with Crippen molar-refractivity contribution in [2.45, 2.75) is 111 Å². The lowest BCUT2D eigenvalue weighted by Gasteiger charge is -2.15. The standard InChI is InChI=1S/2C14H21ClN4OSi.C8H7ClN4.C6H15ClOSi/c1-11-17-14(12-5-6-13(15)16-9-12)18-19(11)10-20-7-8-21(2,3)4;1-11-17-14(12-5-6-13(15)16-9-12)19(18-11)10-20-7-8-21(2,3)4;1-5-11-8(13-12-5)6-2-3-7(9)10-4-6;1-9(2,3)5-4-8-6-7/h2*5-6,9H,7-8,10H2,1-4H3;2-4H,1H3,(H,11,12,13);4-6H2,1-3H3. The minimum Gasteiger partial charge on any atom is -0.366 e. The van der Waals surface area contributed by atoms with Crippen LogP contribution in [0.25, 0.3) is 34.2 Å². The first-order chi connectivity index (χ1) is 30.0. The summed E-state index contributed by atoms with van der Waals surface area (Å²) in [5, 5.41) is 17.0. The molecular weight excluding hydrogens is 947 g/mol. The average Bonchev–Trinajstić information content (AvgIpc) is 3.93. The molecule has 6 heterocycles. The van der Waals surface area contributed by atoms with Crippen molar-refractivity contribution in [3.63, 3.8) is 0 Å². The largest absolute Gasteiger partial charge is 0.366 e. The summed E-state index contributed by atoms with van der Waals surface area (Å²) in [7, 11) is -3.00. The number of nitrogens with zero attached hydrogens (tertiary/aromatic N) is 11. The van der Waals surface area contributed by atoms with E-state index in [9.17, 15) is 0 Å². The lowest BCUT2D eigenvalue weighted by atomic mass is 10.3. The summed E-state index contributed by atoms with van der Waals surface area (Å²) in [5.74, 6) is 4.36. The first kappa shape index (κ1) is 54.9. The van der Waals surface area contributed by atoms with E-state index in [0.29, 0.717) is 52.5 Å². The van der Waals surface area contributed by atoms with Crippen LogP contribution in [0, 0.1) is 20.8 Å². The van der Waals surface area contributed by atoms with Crippen molar-refractivity contribution in [1.29, 1.82) is 0 Å². The SMILES string of the molecule is C[Si](C)(C)CCOCCl.Cc1nc(-c2ccc(Cl)nc2)n(COCC[Si](C)(C)C)n1.Cc1nc(-c2ccc(Cl)nc2)n[nH]1.Cc1nc(-c2ccc(Cl)nc2)nn1COCC[Si](C)(C)C. The maximum atomic E-state index is 5.81. The van der Waals surface area contributed by atoms with Gasteiger partial charge in [-0.15, -0.1) is 5.10 Å². The zero-order valence-electron chi connectivity index (χ0n) is 39.2. The van der Waals surface area contributed by atoms with Gasteiger partial charge in [0.2, 0.25) is 0 Å². The number of hydrogen-bond donors (Lipinski definition) is 1. The molecule has 1 N–H and O–H groups in total. The minimum atomic E-state index is -1.07. The second kappa shape index (κ2) is 26.6. The lowest BCUT2D eigenvalue weighted by Crippen LogP contribution is -2.22. The Labute approximate surface area is 401 Å². The number of aromatic nitrogens is 12. The Hall–Kier alpha value is -3.44. The number of hydrogen-bond acceptors (Lipinski definition) is 12. The molecule has 0 amide bonds. The molecule has 0 aromatic carbocycles. The van der Waals surface area contributed by atoms with Gasteiger partial charge in [-0.1, -0.05) is 105 Å². The van der Waals surface area contributed by atoms with Crippen LogP contribution < -0.4 is 0 Å². The van der Waals surface area contributed by atoms with Gasteiger partial charge < -0.3 is 14.2 Å². The van der Waals surface area contributed by atoms with Crippen molar-refractivity contribution in [3.05, 3.63) is 87.9 Å². The molecule has 0 saturated carbocycles. The number of rotatable bonds is 17. The summed E-state index contributed by atoms with van der Waals surface area (Å²) >= 11 is 22.6. The van der Waals surface area contributed by atoms with Crippen molar-refractivity contribution >= 4 is 70.6 Å². The number of pyridine rings is 3. The molecule has 0 radical (unpaired) electrons. The molecule has 0 unspecified atom stereocenters. The van der Waals surface area contributed by atoms with E-state index in [1.165, 1.54) is 6.04 Å². The van der Waals surface area contributed by atoms with Gasteiger partial charge in [0.15, 0.2) is 17.5 Å². The van der Waals surface area contributed by atoms with Gasteiger partial charge in [-0.05, 0) is 75.3 Å². The van der Waals surface area contributed by atoms with E-state index in [-0.39, 0.29) is 0 Å². The van der Waals surface area contributed by atoms with E-state index in [0.717, 1.165) is 66.1 Å². The summed E-state index contributed by atoms with van der Waals surface area (Å²) in [6.07, 6.45) is 5.02. The van der Waals surface area contributed by atoms with Gasteiger partial charge in [-0.2, -0.15) is 10.2 Å². The molecular formula is C42H64Cl4N12O3Si3. The molecule has 0 fully saturated rings. The van der Waals surface area contributed by atoms with Crippen molar-refractivity contribution in [2.24, 2.45) is 0 Å². The third-order valence-electron chi connectivity index (χ3n) is 8.68. The van der Waals surface area contributed by atoms with Crippen LogP contribution in [0.4, 0.5) is 0 Å². The number of aromatic amines is 1. The third-order valence-corrected chi connectivity index (χ3v) is 14.6. The predicted molar refractivity (Wildman–Crippen MR) is 268 cm³/mol. The number of alkyl halides is 1. The van der Waals surface area contributed by atoms with Crippen molar-refractivity contribution in [3.8, 4) is 34.2 Å². The molecule has 6 aromatic heterocycles. The number of halogens is 4. The fourth-order valence-corrected chi connectivity index (χ4v) is 7.63. The van der Waals surface area contributed by atoms with Crippen LogP contribution in [0.3, 0.4) is 0 Å². The lowest BCUT2D eigenvalue weighted by molar-refractivity contribution is 0.0769. The molecule has 0 aliphatic carbocycles. The molecule has 0 atom stereocenters. The van der Waals surface area contributed by atoms with Gasteiger partial charge in [0.25, 0.3) is 0 Å². The van der Waals surface area contributed by atoms with E-state index >= 15 is 0 Å². The number of aryl methyl sites for hydroxylation is 3. The first-order valence-corrected chi connectivity index (χ1v) is 33.7. The Morgan fingerprint density at radius 3 is 1.42 bits per heavy atom. The number of ether oxygens (including phenoxy) is 3. The summed E-state index contributed by atoms with van der Waals surface area (Å²) in [6, 6.07) is 14.6. The van der Waals surface area contributed by atoms with Crippen molar-refractivity contribution < 1.29 is 14.2 Å². The Kier molecular flexibility index (Phi) is 22.8. The number of nitrogens with one attached hydrogen (secondary N) is 1. The van der Waals surface area contributed by atoms with Crippen LogP contribution in [0.5, 0.6) is 0 Å². The van der Waals surface area contributed by atoms with Gasteiger partial charge >= 0.3 is 0 Å². The van der Waals surface area contributed by atoms with Crippen LogP contribution in [-0.4, -0.2) is 110 Å². The zero-order chi connectivity index (χ0) is 47.5. The molecule has 64 heavy (non-hydrogen) atoms. The molecule has 6 rings (SSSR count). The molecule has 15 nitrogen and oxygen atoms in total. The van der Waals surface area contributed by atoms with E-state index in [2.05, 4.69) is 109 Å². The van der Waals surface area contributed by atoms with Gasteiger partial charge in [-0.3, -0.25) is 5.10 Å².